The van der Waals surface area contributed by atoms with Crippen molar-refractivity contribution in [3.05, 3.63) is 38.9 Å². The van der Waals surface area contributed by atoms with E-state index in [0.29, 0.717) is 12.2 Å². The van der Waals surface area contributed by atoms with E-state index in [4.69, 9.17) is 4.42 Å². The first kappa shape index (κ1) is 14.3. The van der Waals surface area contributed by atoms with Crippen LogP contribution in [0.5, 0.6) is 0 Å². The highest BCUT2D eigenvalue weighted by Crippen LogP contribution is 2.19. The average molecular weight is 279 g/mol. The van der Waals surface area contributed by atoms with E-state index in [0.717, 1.165) is 25.8 Å². The summed E-state index contributed by atoms with van der Waals surface area (Å²) in [4.78, 5) is 21.9. The Morgan fingerprint density at radius 2 is 2.20 bits per heavy atom. The summed E-state index contributed by atoms with van der Waals surface area (Å²) in [7, 11) is 0. The molecule has 1 N–H and O–H groups in total. The number of nitrogens with zero attached hydrogens (tertiary/aromatic N) is 2. The molecular formula is C13H17N3O4. The first-order valence-electron chi connectivity index (χ1n) is 6.62. The molecule has 20 heavy (non-hydrogen) atoms. The summed E-state index contributed by atoms with van der Waals surface area (Å²) >= 11 is 0. The fraction of sp³-hybridized carbons (Fsp3) is 0.462. The molecule has 0 aliphatic rings. The van der Waals surface area contributed by atoms with Crippen molar-refractivity contribution in [1.29, 1.82) is 0 Å². The molecule has 0 unspecified atom stereocenters. The number of nitro benzene ring substituents is 1. The lowest BCUT2D eigenvalue weighted by Crippen LogP contribution is -2.25. The number of non-ortho nitro benzene ring substituents is 1. The Kier molecular flexibility index (Phi) is 4.52. The molecule has 0 bridgehead atoms. The van der Waals surface area contributed by atoms with Gasteiger partial charge in [-0.1, -0.05) is 19.8 Å². The zero-order valence-corrected chi connectivity index (χ0v) is 11.3. The third-order valence-corrected chi connectivity index (χ3v) is 3.09. The lowest BCUT2D eigenvalue weighted by Gasteiger charge is -2.04. The maximum Gasteiger partial charge on any atom is 0.421 e. The number of hydrogen-bond acceptors (Lipinski definition) is 5. The van der Waals surface area contributed by atoms with E-state index in [9.17, 15) is 14.9 Å². The van der Waals surface area contributed by atoms with Gasteiger partial charge in [0.2, 0.25) is 0 Å². The van der Waals surface area contributed by atoms with Gasteiger partial charge in [0.1, 0.15) is 0 Å². The topological polar surface area (TPSA) is 90.3 Å². The summed E-state index contributed by atoms with van der Waals surface area (Å²) in [6, 6.07) is 4.17. The molecule has 1 aromatic carbocycles. The van der Waals surface area contributed by atoms with Crippen molar-refractivity contribution in [3.8, 4) is 0 Å². The number of hydrogen-bond donors (Lipinski definition) is 1. The Balaban J connectivity index is 2.15. The van der Waals surface area contributed by atoms with Crippen LogP contribution in [0.3, 0.4) is 0 Å². The summed E-state index contributed by atoms with van der Waals surface area (Å²) in [5.41, 5.74) is 0.706. The molecule has 1 aromatic heterocycles. The summed E-state index contributed by atoms with van der Waals surface area (Å²) in [6.07, 6.45) is 3.33. The van der Waals surface area contributed by atoms with Crippen LogP contribution in [-0.2, 0) is 6.67 Å². The number of oxazole rings is 1. The molecule has 2 aromatic rings. The largest absolute Gasteiger partial charge is 0.421 e. The highest BCUT2D eigenvalue weighted by molar-refractivity contribution is 5.75. The van der Waals surface area contributed by atoms with Crippen LogP contribution in [0.25, 0.3) is 11.1 Å². The maximum absolute atomic E-state index is 11.7. The van der Waals surface area contributed by atoms with Gasteiger partial charge in [-0.2, -0.15) is 0 Å². The van der Waals surface area contributed by atoms with Gasteiger partial charge in [0.05, 0.1) is 23.2 Å². The summed E-state index contributed by atoms with van der Waals surface area (Å²) in [6.45, 7) is 3.29. The molecule has 0 radical (unpaired) electrons. The van der Waals surface area contributed by atoms with E-state index in [1.54, 1.807) is 0 Å². The molecule has 0 saturated carbocycles. The zero-order valence-electron chi connectivity index (χ0n) is 11.3. The second kappa shape index (κ2) is 6.33. The number of unbranched alkanes of at least 4 members (excludes halogenated alkanes) is 2. The number of nitro groups is 1. The smallest absolute Gasteiger partial charge is 0.407 e. The molecule has 0 amide bonds. The number of nitrogens with one attached hydrogen (secondary N) is 1. The van der Waals surface area contributed by atoms with Crippen molar-refractivity contribution in [2.24, 2.45) is 0 Å². The van der Waals surface area contributed by atoms with Crippen LogP contribution in [0.2, 0.25) is 0 Å². The average Bonchev–Trinajstić information content (AvgIpc) is 2.73. The van der Waals surface area contributed by atoms with Crippen molar-refractivity contribution >= 4 is 16.8 Å². The lowest BCUT2D eigenvalue weighted by atomic mass is 10.2. The van der Waals surface area contributed by atoms with Crippen molar-refractivity contribution in [2.45, 2.75) is 32.9 Å². The maximum atomic E-state index is 11.7. The number of benzene rings is 1. The van der Waals surface area contributed by atoms with Crippen molar-refractivity contribution in [1.82, 2.24) is 9.88 Å². The molecule has 0 fully saturated rings. The van der Waals surface area contributed by atoms with Gasteiger partial charge in [0.25, 0.3) is 5.69 Å². The van der Waals surface area contributed by atoms with E-state index in [2.05, 4.69) is 12.2 Å². The highest BCUT2D eigenvalue weighted by Gasteiger charge is 2.13. The molecule has 0 aliphatic heterocycles. The minimum Gasteiger partial charge on any atom is -0.407 e. The minimum absolute atomic E-state index is 0.0886. The van der Waals surface area contributed by atoms with Gasteiger partial charge < -0.3 is 4.42 Å². The van der Waals surface area contributed by atoms with E-state index in [-0.39, 0.29) is 11.3 Å². The van der Waals surface area contributed by atoms with E-state index >= 15 is 0 Å². The highest BCUT2D eigenvalue weighted by atomic mass is 16.6. The Hall–Kier alpha value is -2.15. The van der Waals surface area contributed by atoms with Crippen LogP contribution < -0.4 is 11.1 Å². The molecule has 0 aliphatic carbocycles. The van der Waals surface area contributed by atoms with E-state index in [1.807, 2.05) is 0 Å². The molecule has 0 saturated heterocycles. The molecule has 1 heterocycles. The predicted octanol–water partition coefficient (Wildman–Crippen LogP) is 2.24. The molecule has 7 heteroatoms. The summed E-state index contributed by atoms with van der Waals surface area (Å²) in [5.74, 6) is -0.511. The van der Waals surface area contributed by atoms with Crippen molar-refractivity contribution in [3.63, 3.8) is 0 Å². The summed E-state index contributed by atoms with van der Waals surface area (Å²) < 4.78 is 6.47. The van der Waals surface area contributed by atoms with Gasteiger partial charge in [-0.3, -0.25) is 20.0 Å². The first-order valence-corrected chi connectivity index (χ1v) is 6.62. The first-order chi connectivity index (χ1) is 9.63. The quantitative estimate of drug-likeness (QED) is 0.477. The Bertz CT molecular complexity index is 659. The normalized spacial score (nSPS) is 11.1. The minimum atomic E-state index is -0.514. The molecule has 108 valence electrons. The molecule has 0 spiro atoms. The van der Waals surface area contributed by atoms with Gasteiger partial charge in [0.15, 0.2) is 5.58 Å². The van der Waals surface area contributed by atoms with Gasteiger partial charge in [-0.15, -0.1) is 0 Å². The van der Waals surface area contributed by atoms with Crippen LogP contribution in [0, 0.1) is 10.1 Å². The third-order valence-electron chi connectivity index (χ3n) is 3.09. The van der Waals surface area contributed by atoms with Gasteiger partial charge in [-0.05, 0) is 19.0 Å². The third kappa shape index (κ3) is 3.05. The zero-order chi connectivity index (χ0) is 14.5. The second-order valence-corrected chi connectivity index (χ2v) is 4.57. The summed E-state index contributed by atoms with van der Waals surface area (Å²) in [5, 5.41) is 13.8. The fourth-order valence-corrected chi connectivity index (χ4v) is 2.01. The molecule has 2 rings (SSSR count). The predicted molar refractivity (Wildman–Crippen MR) is 74.7 cm³/mol. The standard InChI is InChI=1S/C13H17N3O4/c1-2-3-4-7-14-9-15-11-6-5-10(16(18)19)8-12(11)20-13(15)17/h5-6,8,14H,2-4,7,9H2,1H3. The van der Waals surface area contributed by atoms with Crippen molar-refractivity contribution in [2.75, 3.05) is 6.54 Å². The van der Waals surface area contributed by atoms with Gasteiger partial charge in [-0.25, -0.2) is 4.79 Å². The Morgan fingerprint density at radius 1 is 1.40 bits per heavy atom. The van der Waals surface area contributed by atoms with Crippen molar-refractivity contribution < 1.29 is 9.34 Å². The molecule has 7 nitrogen and oxygen atoms in total. The van der Waals surface area contributed by atoms with Crippen LogP contribution in [0.4, 0.5) is 5.69 Å². The Morgan fingerprint density at radius 3 is 2.90 bits per heavy atom. The monoisotopic (exact) mass is 279 g/mol. The van der Waals surface area contributed by atoms with Crippen LogP contribution in [0.15, 0.2) is 27.4 Å². The van der Waals surface area contributed by atoms with Gasteiger partial charge in [0, 0.05) is 6.07 Å². The fourth-order valence-electron chi connectivity index (χ4n) is 2.01. The van der Waals surface area contributed by atoms with Gasteiger partial charge >= 0.3 is 5.76 Å². The molecule has 0 atom stereocenters. The Labute approximate surface area is 115 Å². The van der Waals surface area contributed by atoms with Crippen LogP contribution in [-0.4, -0.2) is 16.0 Å². The number of rotatable bonds is 7. The number of aromatic nitrogens is 1. The van der Waals surface area contributed by atoms with E-state index in [1.165, 1.54) is 22.8 Å². The number of fused-ring (bicyclic) bond motifs is 1. The molecular weight excluding hydrogens is 262 g/mol. The van der Waals surface area contributed by atoms with E-state index < -0.39 is 10.7 Å². The van der Waals surface area contributed by atoms with Crippen LogP contribution >= 0.6 is 0 Å². The SMILES string of the molecule is CCCCCNCn1c(=O)oc2cc([N+](=O)[O-])ccc21. The lowest BCUT2D eigenvalue weighted by molar-refractivity contribution is -0.384. The van der Waals surface area contributed by atoms with Crippen LogP contribution in [0.1, 0.15) is 26.2 Å². The second-order valence-electron chi connectivity index (χ2n) is 4.57.